The van der Waals surface area contributed by atoms with Crippen molar-refractivity contribution in [2.45, 2.75) is 56.7 Å². The predicted molar refractivity (Wildman–Crippen MR) is 132 cm³/mol. The van der Waals surface area contributed by atoms with Gasteiger partial charge in [-0.2, -0.15) is 0 Å². The first-order valence-electron chi connectivity index (χ1n) is 11.5. The van der Waals surface area contributed by atoms with Crippen molar-refractivity contribution in [1.29, 1.82) is 0 Å². The van der Waals surface area contributed by atoms with Crippen molar-refractivity contribution >= 4 is 24.7 Å². The molecule has 2 fully saturated rings. The highest BCUT2D eigenvalue weighted by Gasteiger charge is 2.57. The maximum Gasteiger partial charge on any atom is 0.326 e. The van der Waals surface area contributed by atoms with Gasteiger partial charge in [0.25, 0.3) is 8.32 Å². The van der Waals surface area contributed by atoms with E-state index in [0.29, 0.717) is 13.0 Å². The number of hydrogen-bond acceptors (Lipinski definition) is 4. The molecule has 0 aliphatic carbocycles. The fourth-order valence-corrected chi connectivity index (χ4v) is 10.5. The van der Waals surface area contributed by atoms with Crippen LogP contribution in [0.3, 0.4) is 0 Å². The van der Waals surface area contributed by atoms with Gasteiger partial charge in [-0.15, -0.1) is 0 Å². The molecule has 0 amide bonds. The molecule has 0 N–H and O–H groups in total. The maximum atomic E-state index is 12.8. The van der Waals surface area contributed by atoms with E-state index in [-0.39, 0.29) is 17.0 Å². The van der Waals surface area contributed by atoms with Gasteiger partial charge in [0, 0.05) is 12.6 Å². The van der Waals surface area contributed by atoms with Gasteiger partial charge >= 0.3 is 5.97 Å². The summed E-state index contributed by atoms with van der Waals surface area (Å²) in [6.07, 6.45) is 2.42. The molecule has 0 aromatic heterocycles. The molecule has 2 saturated heterocycles. The molecule has 0 radical (unpaired) electrons. The van der Waals surface area contributed by atoms with Crippen LogP contribution < -0.4 is 10.4 Å². The molecule has 4 nitrogen and oxygen atoms in total. The summed E-state index contributed by atoms with van der Waals surface area (Å²) in [6.45, 7) is 12.4. The number of nitrogens with zero attached hydrogens (tertiary/aromatic N) is 1. The number of methoxy groups -OCH3 is 1. The molecule has 0 saturated carbocycles. The van der Waals surface area contributed by atoms with Crippen LogP contribution in [0.5, 0.6) is 0 Å². The van der Waals surface area contributed by atoms with E-state index >= 15 is 0 Å². The first-order valence-corrected chi connectivity index (χ1v) is 13.4. The Hall–Kier alpha value is -2.21. The third-order valence-electron chi connectivity index (χ3n) is 7.29. The van der Waals surface area contributed by atoms with Gasteiger partial charge in [0.05, 0.1) is 13.7 Å². The third kappa shape index (κ3) is 3.66. The van der Waals surface area contributed by atoms with Gasteiger partial charge < -0.3 is 9.16 Å². The zero-order chi connectivity index (χ0) is 23.0. The minimum atomic E-state index is -2.60. The lowest BCUT2D eigenvalue weighted by Crippen LogP contribution is -2.67. The molecule has 5 heteroatoms. The van der Waals surface area contributed by atoms with Crippen LogP contribution in [0.2, 0.25) is 5.04 Å². The molecule has 0 spiro atoms. The highest BCUT2D eigenvalue weighted by molar-refractivity contribution is 6.99. The standard InChI is InChI=1S/C27H35NO3Si/c1-21-18-27(25(29)30-5)17-16-22(28(27)19-21)20-31-32(26(2,3)4,23-12-8-6-9-13-23)24-14-10-7-11-15-24/h6-15,22H,1,16-20H2,2-5H3/t22-,27-/m0/s1. The molecule has 2 aliphatic rings. The first-order chi connectivity index (χ1) is 15.2. The van der Waals surface area contributed by atoms with Crippen molar-refractivity contribution < 1.29 is 14.0 Å². The normalized spacial score (nSPS) is 23.9. The largest absolute Gasteiger partial charge is 0.468 e. The Kier molecular flexibility index (Phi) is 6.18. The van der Waals surface area contributed by atoms with E-state index in [2.05, 4.69) is 92.9 Å². The fourth-order valence-electron chi connectivity index (χ4n) is 5.87. The van der Waals surface area contributed by atoms with Crippen LogP contribution in [-0.4, -0.2) is 51.0 Å². The molecular weight excluding hydrogens is 414 g/mol. The summed E-state index contributed by atoms with van der Waals surface area (Å²) < 4.78 is 12.4. The highest BCUT2D eigenvalue weighted by atomic mass is 28.4. The van der Waals surface area contributed by atoms with Crippen LogP contribution in [0.4, 0.5) is 0 Å². The Labute approximate surface area is 193 Å². The molecule has 0 unspecified atom stereocenters. The van der Waals surface area contributed by atoms with Gasteiger partial charge in [0.2, 0.25) is 0 Å². The molecule has 4 rings (SSSR count). The summed E-state index contributed by atoms with van der Waals surface area (Å²) in [7, 11) is -1.11. The number of rotatable bonds is 6. The summed E-state index contributed by atoms with van der Waals surface area (Å²) >= 11 is 0. The summed E-state index contributed by atoms with van der Waals surface area (Å²) in [4.78, 5) is 15.1. The second-order valence-electron chi connectivity index (χ2n) is 10.2. The zero-order valence-electron chi connectivity index (χ0n) is 19.8. The number of fused-ring (bicyclic) bond motifs is 1. The number of carbonyl (C=O) groups excluding carboxylic acids is 1. The van der Waals surface area contributed by atoms with Gasteiger partial charge in [-0.05, 0) is 34.7 Å². The van der Waals surface area contributed by atoms with E-state index in [1.165, 1.54) is 17.5 Å². The number of benzene rings is 2. The Balaban J connectivity index is 1.71. The van der Waals surface area contributed by atoms with E-state index in [4.69, 9.17) is 9.16 Å². The van der Waals surface area contributed by atoms with Crippen molar-refractivity contribution in [3.8, 4) is 0 Å². The Bertz CT molecular complexity index is 930. The molecule has 2 aromatic rings. The lowest BCUT2D eigenvalue weighted by molar-refractivity contribution is -0.152. The Morgan fingerprint density at radius 2 is 1.66 bits per heavy atom. The van der Waals surface area contributed by atoms with Crippen molar-refractivity contribution in [2.75, 3.05) is 20.3 Å². The Morgan fingerprint density at radius 1 is 1.09 bits per heavy atom. The van der Waals surface area contributed by atoms with Gasteiger partial charge in [-0.3, -0.25) is 9.69 Å². The molecule has 2 atom stereocenters. The zero-order valence-corrected chi connectivity index (χ0v) is 20.8. The quantitative estimate of drug-likeness (QED) is 0.381. The second-order valence-corrected chi connectivity index (χ2v) is 14.6. The number of ether oxygens (including phenoxy) is 1. The average Bonchev–Trinajstić information content (AvgIpc) is 3.29. The van der Waals surface area contributed by atoms with Crippen LogP contribution in [0.25, 0.3) is 0 Å². The van der Waals surface area contributed by atoms with E-state index in [1.807, 2.05) is 0 Å². The average molecular weight is 450 g/mol. The van der Waals surface area contributed by atoms with E-state index in [9.17, 15) is 4.79 Å². The molecule has 32 heavy (non-hydrogen) atoms. The second kappa shape index (κ2) is 8.62. The SMILES string of the molecule is C=C1CN2[C@H](CO[Si](c3ccccc3)(c3ccccc3)C(C)(C)C)CC[C@@]2(C(=O)OC)C1. The smallest absolute Gasteiger partial charge is 0.326 e. The van der Waals surface area contributed by atoms with Crippen LogP contribution in [0.15, 0.2) is 72.8 Å². The van der Waals surface area contributed by atoms with Crippen LogP contribution in [0, 0.1) is 0 Å². The van der Waals surface area contributed by atoms with Gasteiger partial charge in [-0.25, -0.2) is 0 Å². The summed E-state index contributed by atoms with van der Waals surface area (Å²) in [5.74, 6) is -0.135. The van der Waals surface area contributed by atoms with E-state index < -0.39 is 13.9 Å². The molecule has 2 aromatic carbocycles. The van der Waals surface area contributed by atoms with Crippen molar-refractivity contribution in [1.82, 2.24) is 4.90 Å². The van der Waals surface area contributed by atoms with Gasteiger partial charge in [-0.1, -0.05) is 93.6 Å². The van der Waals surface area contributed by atoms with Gasteiger partial charge in [0.15, 0.2) is 0 Å². The van der Waals surface area contributed by atoms with Crippen LogP contribution in [-0.2, 0) is 14.0 Å². The topological polar surface area (TPSA) is 38.8 Å². The lowest BCUT2D eigenvalue weighted by atomic mass is 9.93. The van der Waals surface area contributed by atoms with E-state index in [0.717, 1.165) is 25.0 Å². The maximum absolute atomic E-state index is 12.8. The minimum Gasteiger partial charge on any atom is -0.468 e. The Morgan fingerprint density at radius 3 is 2.16 bits per heavy atom. The molecule has 170 valence electrons. The number of carbonyl (C=O) groups is 1. The van der Waals surface area contributed by atoms with Crippen molar-refractivity contribution in [2.24, 2.45) is 0 Å². The van der Waals surface area contributed by atoms with Crippen molar-refractivity contribution in [3.63, 3.8) is 0 Å². The summed E-state index contributed by atoms with van der Waals surface area (Å²) in [6, 6.07) is 21.6. The first kappa shape index (κ1) is 23.0. The summed E-state index contributed by atoms with van der Waals surface area (Å²) in [5.41, 5.74) is 0.538. The van der Waals surface area contributed by atoms with Gasteiger partial charge in [0.1, 0.15) is 5.54 Å². The van der Waals surface area contributed by atoms with Crippen LogP contribution >= 0.6 is 0 Å². The highest BCUT2D eigenvalue weighted by Crippen LogP contribution is 2.45. The predicted octanol–water partition coefficient (Wildman–Crippen LogP) is 3.90. The van der Waals surface area contributed by atoms with Crippen LogP contribution in [0.1, 0.15) is 40.0 Å². The summed E-state index contributed by atoms with van der Waals surface area (Å²) in [5, 5.41) is 2.49. The van der Waals surface area contributed by atoms with Crippen molar-refractivity contribution in [3.05, 3.63) is 72.8 Å². The molecular formula is C27H35NO3Si. The third-order valence-corrected chi connectivity index (χ3v) is 12.3. The molecule has 2 aliphatic heterocycles. The van der Waals surface area contributed by atoms with E-state index in [1.54, 1.807) is 0 Å². The fraction of sp³-hybridized carbons (Fsp3) is 0.444. The lowest BCUT2D eigenvalue weighted by Gasteiger charge is -2.44. The number of esters is 1. The molecule has 0 bridgehead atoms. The molecule has 2 heterocycles. The monoisotopic (exact) mass is 449 g/mol. The number of hydrogen-bond donors (Lipinski definition) is 0. The minimum absolute atomic E-state index is 0.0671.